The summed E-state index contributed by atoms with van der Waals surface area (Å²) in [7, 11) is 0. The zero-order valence-electron chi connectivity index (χ0n) is 11.6. The molecule has 110 valence electrons. The molecule has 0 saturated heterocycles. The second kappa shape index (κ2) is 7.34. The molecule has 0 saturated carbocycles. The standard InChI is InChI=1S/C17H17ClFNO/c18-17-13(7-4-8-15(17)19)11-14(21)9-10-16(20)12-5-2-1-3-6-12/h1-8,16H,9-11,20H2. The Morgan fingerprint density at radius 2 is 1.86 bits per heavy atom. The van der Waals surface area contributed by atoms with Crippen molar-refractivity contribution in [1.29, 1.82) is 0 Å². The summed E-state index contributed by atoms with van der Waals surface area (Å²) in [4.78, 5) is 12.0. The van der Waals surface area contributed by atoms with E-state index in [1.807, 2.05) is 30.3 Å². The van der Waals surface area contributed by atoms with E-state index in [0.717, 1.165) is 5.56 Å². The lowest BCUT2D eigenvalue weighted by atomic mass is 9.99. The average Bonchev–Trinajstić information content (AvgIpc) is 2.50. The molecule has 4 heteroatoms. The number of rotatable bonds is 6. The Morgan fingerprint density at radius 3 is 2.57 bits per heavy atom. The fraction of sp³-hybridized carbons (Fsp3) is 0.235. The first-order valence-corrected chi connectivity index (χ1v) is 7.21. The van der Waals surface area contributed by atoms with Gasteiger partial charge in [-0.3, -0.25) is 4.79 Å². The number of nitrogens with two attached hydrogens (primary N) is 1. The second-order valence-corrected chi connectivity index (χ2v) is 5.36. The van der Waals surface area contributed by atoms with Crippen LogP contribution in [-0.4, -0.2) is 5.78 Å². The van der Waals surface area contributed by atoms with E-state index in [1.54, 1.807) is 12.1 Å². The van der Waals surface area contributed by atoms with Crippen LogP contribution in [0, 0.1) is 5.82 Å². The Labute approximate surface area is 128 Å². The summed E-state index contributed by atoms with van der Waals surface area (Å²) >= 11 is 5.84. The zero-order chi connectivity index (χ0) is 15.2. The predicted octanol–water partition coefficient (Wildman–Crippen LogP) is 4.07. The molecule has 0 radical (unpaired) electrons. The molecule has 1 unspecified atom stereocenters. The number of hydrogen-bond acceptors (Lipinski definition) is 2. The van der Waals surface area contributed by atoms with Crippen molar-refractivity contribution in [3.63, 3.8) is 0 Å². The van der Waals surface area contributed by atoms with Crippen LogP contribution in [0.5, 0.6) is 0 Å². The number of ketones is 1. The van der Waals surface area contributed by atoms with Gasteiger partial charge in [0.15, 0.2) is 0 Å². The molecule has 0 bridgehead atoms. The molecule has 1 atom stereocenters. The topological polar surface area (TPSA) is 43.1 Å². The lowest BCUT2D eigenvalue weighted by Gasteiger charge is -2.11. The van der Waals surface area contributed by atoms with Gasteiger partial charge in [-0.15, -0.1) is 0 Å². The Morgan fingerprint density at radius 1 is 1.14 bits per heavy atom. The highest BCUT2D eigenvalue weighted by atomic mass is 35.5. The van der Waals surface area contributed by atoms with Crippen molar-refractivity contribution in [2.75, 3.05) is 0 Å². The van der Waals surface area contributed by atoms with Crippen LogP contribution in [0.2, 0.25) is 5.02 Å². The van der Waals surface area contributed by atoms with Crippen molar-refractivity contribution in [3.8, 4) is 0 Å². The Balaban J connectivity index is 1.89. The van der Waals surface area contributed by atoms with Crippen LogP contribution in [0.3, 0.4) is 0 Å². The molecule has 21 heavy (non-hydrogen) atoms. The molecule has 2 rings (SSSR count). The minimum absolute atomic E-state index is 0.00822. The van der Waals surface area contributed by atoms with Crippen molar-refractivity contribution >= 4 is 17.4 Å². The molecule has 0 fully saturated rings. The van der Waals surface area contributed by atoms with Gasteiger partial charge in [0.25, 0.3) is 0 Å². The van der Waals surface area contributed by atoms with E-state index in [4.69, 9.17) is 17.3 Å². The van der Waals surface area contributed by atoms with Crippen molar-refractivity contribution < 1.29 is 9.18 Å². The maximum atomic E-state index is 13.3. The molecule has 2 N–H and O–H groups in total. The van der Waals surface area contributed by atoms with Gasteiger partial charge in [-0.1, -0.05) is 54.1 Å². The minimum atomic E-state index is -0.497. The fourth-order valence-electron chi connectivity index (χ4n) is 2.17. The van der Waals surface area contributed by atoms with Crippen molar-refractivity contribution in [2.45, 2.75) is 25.3 Å². The molecular formula is C17H17ClFNO. The van der Waals surface area contributed by atoms with Crippen molar-refractivity contribution in [2.24, 2.45) is 5.73 Å². The van der Waals surface area contributed by atoms with Gasteiger partial charge in [-0.05, 0) is 23.6 Å². The maximum absolute atomic E-state index is 13.3. The summed E-state index contributed by atoms with van der Waals surface area (Å²) in [6.45, 7) is 0. The van der Waals surface area contributed by atoms with Crippen LogP contribution < -0.4 is 5.73 Å². The van der Waals surface area contributed by atoms with Crippen LogP contribution in [0.4, 0.5) is 4.39 Å². The Bertz CT molecular complexity index is 615. The van der Waals surface area contributed by atoms with E-state index in [0.29, 0.717) is 18.4 Å². The predicted molar refractivity (Wildman–Crippen MR) is 82.7 cm³/mol. The molecule has 0 amide bonds. The molecule has 0 aromatic heterocycles. The van der Waals surface area contributed by atoms with Crippen molar-refractivity contribution in [3.05, 3.63) is 70.5 Å². The summed E-state index contributed by atoms with van der Waals surface area (Å²) in [5, 5.41) is 0.0261. The van der Waals surface area contributed by atoms with E-state index in [2.05, 4.69) is 0 Å². The first-order valence-electron chi connectivity index (χ1n) is 6.83. The molecular weight excluding hydrogens is 289 g/mol. The lowest BCUT2D eigenvalue weighted by Crippen LogP contribution is -2.13. The third-order valence-corrected chi connectivity index (χ3v) is 3.80. The number of Topliss-reactive ketones (excluding diaryl/α,β-unsaturated/α-hetero) is 1. The zero-order valence-corrected chi connectivity index (χ0v) is 12.3. The van der Waals surface area contributed by atoms with E-state index < -0.39 is 5.82 Å². The molecule has 2 aromatic rings. The van der Waals surface area contributed by atoms with Gasteiger partial charge in [-0.2, -0.15) is 0 Å². The molecule has 0 aliphatic carbocycles. The third kappa shape index (κ3) is 4.38. The second-order valence-electron chi connectivity index (χ2n) is 4.98. The van der Waals surface area contributed by atoms with E-state index in [9.17, 15) is 9.18 Å². The monoisotopic (exact) mass is 305 g/mol. The van der Waals surface area contributed by atoms with Gasteiger partial charge in [0.1, 0.15) is 11.6 Å². The quantitative estimate of drug-likeness (QED) is 0.874. The van der Waals surface area contributed by atoms with E-state index >= 15 is 0 Å². The van der Waals surface area contributed by atoms with Crippen LogP contribution in [0.1, 0.15) is 30.0 Å². The van der Waals surface area contributed by atoms with Gasteiger partial charge in [0.2, 0.25) is 0 Å². The van der Waals surface area contributed by atoms with Gasteiger partial charge < -0.3 is 5.73 Å². The highest BCUT2D eigenvalue weighted by Gasteiger charge is 2.12. The number of halogens is 2. The number of hydrogen-bond donors (Lipinski definition) is 1. The van der Waals surface area contributed by atoms with Gasteiger partial charge in [0, 0.05) is 18.9 Å². The normalized spacial score (nSPS) is 12.1. The smallest absolute Gasteiger partial charge is 0.142 e. The van der Waals surface area contributed by atoms with Crippen LogP contribution in [0.25, 0.3) is 0 Å². The lowest BCUT2D eigenvalue weighted by molar-refractivity contribution is -0.118. The third-order valence-electron chi connectivity index (χ3n) is 3.38. The van der Waals surface area contributed by atoms with Gasteiger partial charge in [0.05, 0.1) is 5.02 Å². The molecule has 0 aliphatic heterocycles. The first-order chi connectivity index (χ1) is 10.1. The van der Waals surface area contributed by atoms with E-state index in [-0.39, 0.29) is 23.3 Å². The fourth-order valence-corrected chi connectivity index (χ4v) is 2.36. The number of carbonyl (C=O) groups excluding carboxylic acids is 1. The van der Waals surface area contributed by atoms with Gasteiger partial charge >= 0.3 is 0 Å². The van der Waals surface area contributed by atoms with E-state index in [1.165, 1.54) is 6.07 Å². The van der Waals surface area contributed by atoms with Crippen LogP contribution in [0.15, 0.2) is 48.5 Å². The summed E-state index contributed by atoms with van der Waals surface area (Å²) < 4.78 is 13.3. The number of benzene rings is 2. The Hall–Kier alpha value is -1.71. The summed E-state index contributed by atoms with van der Waals surface area (Å²) in [6, 6.07) is 14.0. The number of carbonyl (C=O) groups is 1. The highest BCUT2D eigenvalue weighted by Crippen LogP contribution is 2.21. The van der Waals surface area contributed by atoms with Gasteiger partial charge in [-0.25, -0.2) is 4.39 Å². The Kier molecular flexibility index (Phi) is 5.48. The minimum Gasteiger partial charge on any atom is -0.324 e. The molecule has 2 nitrogen and oxygen atoms in total. The molecule has 0 aliphatic rings. The molecule has 0 spiro atoms. The SMILES string of the molecule is NC(CCC(=O)Cc1cccc(F)c1Cl)c1ccccc1. The summed E-state index contributed by atoms with van der Waals surface area (Å²) in [6.07, 6.45) is 1.05. The summed E-state index contributed by atoms with van der Waals surface area (Å²) in [5.74, 6) is -0.489. The molecule has 0 heterocycles. The molecule has 2 aromatic carbocycles. The average molecular weight is 306 g/mol. The highest BCUT2D eigenvalue weighted by molar-refractivity contribution is 6.31. The maximum Gasteiger partial charge on any atom is 0.142 e. The summed E-state index contributed by atoms with van der Waals surface area (Å²) in [5.41, 5.74) is 7.58. The van der Waals surface area contributed by atoms with Crippen LogP contribution >= 0.6 is 11.6 Å². The largest absolute Gasteiger partial charge is 0.324 e. The van der Waals surface area contributed by atoms with Crippen molar-refractivity contribution in [1.82, 2.24) is 0 Å². The van der Waals surface area contributed by atoms with Crippen LogP contribution in [-0.2, 0) is 11.2 Å². The first kappa shape index (κ1) is 15.7.